The van der Waals surface area contributed by atoms with E-state index < -0.39 is 0 Å². The number of thioether (sulfide) groups is 1. The van der Waals surface area contributed by atoms with E-state index in [0.717, 1.165) is 4.90 Å². The fourth-order valence-electron chi connectivity index (χ4n) is 2.77. The summed E-state index contributed by atoms with van der Waals surface area (Å²) in [4.78, 5) is 31.8. The van der Waals surface area contributed by atoms with Crippen molar-refractivity contribution in [2.75, 3.05) is 26.0 Å². The normalized spacial score (nSPS) is 10.6. The summed E-state index contributed by atoms with van der Waals surface area (Å²) in [5.74, 6) is 1.32. The van der Waals surface area contributed by atoms with Crippen molar-refractivity contribution in [2.45, 2.75) is 17.6 Å². The fraction of sp³-hybridized carbons (Fsp3) is 0.238. The van der Waals surface area contributed by atoms with Crippen molar-refractivity contribution in [1.82, 2.24) is 15.0 Å². The van der Waals surface area contributed by atoms with Gasteiger partial charge in [0.2, 0.25) is 11.8 Å². The zero-order valence-corrected chi connectivity index (χ0v) is 18.8. The van der Waals surface area contributed by atoms with E-state index in [0.29, 0.717) is 39.5 Å². The largest absolute Gasteiger partial charge is 0.495 e. The fourth-order valence-corrected chi connectivity index (χ4v) is 3.83. The number of nitrogens with one attached hydrogen (secondary N) is 1. The first-order chi connectivity index (χ1) is 14.9. The van der Waals surface area contributed by atoms with Crippen LogP contribution in [0.15, 0.2) is 51.9 Å². The van der Waals surface area contributed by atoms with E-state index >= 15 is 0 Å². The van der Waals surface area contributed by atoms with Crippen molar-refractivity contribution in [3.05, 3.63) is 64.8 Å². The molecule has 10 heteroatoms. The van der Waals surface area contributed by atoms with Gasteiger partial charge in [-0.25, -0.2) is 0 Å². The summed E-state index contributed by atoms with van der Waals surface area (Å²) < 4.78 is 10.2. The SMILES string of the molecule is COc1ccc(Cl)cc1NC(=O)CN(C)C(=O)c1ccccc1SCc1noc(C)n1. The second kappa shape index (κ2) is 10.3. The van der Waals surface area contributed by atoms with Crippen LogP contribution in [-0.2, 0) is 10.5 Å². The summed E-state index contributed by atoms with van der Waals surface area (Å²) in [6.45, 7) is 1.58. The maximum Gasteiger partial charge on any atom is 0.255 e. The quantitative estimate of drug-likeness (QED) is 0.506. The van der Waals surface area contributed by atoms with Crippen LogP contribution in [0, 0.1) is 6.92 Å². The molecule has 0 saturated heterocycles. The van der Waals surface area contributed by atoms with Gasteiger partial charge in [0, 0.05) is 23.9 Å². The van der Waals surface area contributed by atoms with E-state index in [9.17, 15) is 9.59 Å². The molecular weight excluding hydrogens is 440 g/mol. The number of anilines is 1. The highest BCUT2D eigenvalue weighted by molar-refractivity contribution is 7.98. The molecule has 1 aromatic heterocycles. The molecule has 2 aromatic carbocycles. The number of benzene rings is 2. The second-order valence-electron chi connectivity index (χ2n) is 6.57. The van der Waals surface area contributed by atoms with E-state index in [1.807, 2.05) is 12.1 Å². The van der Waals surface area contributed by atoms with Crippen LogP contribution in [0.5, 0.6) is 5.75 Å². The number of nitrogens with zero attached hydrogens (tertiary/aromatic N) is 3. The van der Waals surface area contributed by atoms with Gasteiger partial charge in [0.05, 0.1) is 30.7 Å². The molecule has 3 aromatic rings. The predicted molar refractivity (Wildman–Crippen MR) is 119 cm³/mol. The Balaban J connectivity index is 1.66. The summed E-state index contributed by atoms with van der Waals surface area (Å²) in [5, 5.41) is 7.06. The Bertz CT molecular complexity index is 1090. The van der Waals surface area contributed by atoms with Crippen molar-refractivity contribution in [1.29, 1.82) is 0 Å². The minimum atomic E-state index is -0.371. The van der Waals surface area contributed by atoms with Gasteiger partial charge in [-0.05, 0) is 30.3 Å². The van der Waals surface area contributed by atoms with Gasteiger partial charge in [-0.2, -0.15) is 4.98 Å². The third-order valence-corrected chi connectivity index (χ3v) is 5.51. The second-order valence-corrected chi connectivity index (χ2v) is 8.02. The maximum atomic E-state index is 13.0. The maximum absolute atomic E-state index is 13.0. The summed E-state index contributed by atoms with van der Waals surface area (Å²) in [6.07, 6.45) is 0. The van der Waals surface area contributed by atoms with Crippen LogP contribution in [0.25, 0.3) is 0 Å². The topological polar surface area (TPSA) is 97.6 Å². The van der Waals surface area contributed by atoms with E-state index in [-0.39, 0.29) is 18.4 Å². The Kier molecular flexibility index (Phi) is 7.54. The van der Waals surface area contributed by atoms with Crippen LogP contribution in [0.1, 0.15) is 22.1 Å². The molecule has 1 heterocycles. The molecule has 0 aliphatic heterocycles. The van der Waals surface area contributed by atoms with Crippen molar-refractivity contribution < 1.29 is 18.8 Å². The molecule has 0 atom stereocenters. The highest BCUT2D eigenvalue weighted by Crippen LogP contribution is 2.28. The number of aryl methyl sites for hydroxylation is 1. The molecule has 0 radical (unpaired) electrons. The van der Waals surface area contributed by atoms with Crippen LogP contribution < -0.4 is 10.1 Å². The Labute approximate surface area is 188 Å². The van der Waals surface area contributed by atoms with Gasteiger partial charge in [0.1, 0.15) is 5.75 Å². The molecule has 0 aliphatic rings. The minimum absolute atomic E-state index is 0.141. The van der Waals surface area contributed by atoms with Gasteiger partial charge in [-0.15, -0.1) is 11.8 Å². The average molecular weight is 461 g/mol. The summed E-state index contributed by atoms with van der Waals surface area (Å²) >= 11 is 7.42. The van der Waals surface area contributed by atoms with Crippen molar-refractivity contribution in [3.63, 3.8) is 0 Å². The van der Waals surface area contributed by atoms with E-state index in [4.69, 9.17) is 20.9 Å². The highest BCUT2D eigenvalue weighted by atomic mass is 35.5. The minimum Gasteiger partial charge on any atom is -0.495 e. The van der Waals surface area contributed by atoms with Crippen molar-refractivity contribution in [2.24, 2.45) is 0 Å². The number of hydrogen-bond donors (Lipinski definition) is 1. The lowest BCUT2D eigenvalue weighted by molar-refractivity contribution is -0.116. The Morgan fingerprint density at radius 3 is 2.74 bits per heavy atom. The van der Waals surface area contributed by atoms with Gasteiger partial charge in [-0.1, -0.05) is 28.9 Å². The molecule has 0 aliphatic carbocycles. The van der Waals surface area contributed by atoms with Crippen LogP contribution in [0.2, 0.25) is 5.02 Å². The Hall–Kier alpha value is -3.04. The van der Waals surface area contributed by atoms with Crippen molar-refractivity contribution >= 4 is 40.9 Å². The summed E-state index contributed by atoms with van der Waals surface area (Å²) in [5.41, 5.74) is 0.926. The number of likely N-dealkylation sites (N-methyl/N-ethyl adjacent to an activating group) is 1. The molecule has 8 nitrogen and oxygen atoms in total. The molecule has 162 valence electrons. The van der Waals surface area contributed by atoms with Crippen LogP contribution >= 0.6 is 23.4 Å². The number of halogens is 1. The zero-order chi connectivity index (χ0) is 22.4. The number of methoxy groups -OCH3 is 1. The molecule has 0 fully saturated rings. The molecule has 0 bridgehead atoms. The molecule has 1 N–H and O–H groups in total. The number of ether oxygens (including phenoxy) is 1. The van der Waals surface area contributed by atoms with Gasteiger partial charge >= 0.3 is 0 Å². The standard InChI is InChI=1S/C21H21ClN4O4S/c1-13-23-19(25-30-13)12-31-18-7-5-4-6-15(18)21(28)26(2)11-20(27)24-16-10-14(22)8-9-17(16)29-3/h4-10H,11-12H2,1-3H3,(H,24,27). The van der Waals surface area contributed by atoms with E-state index in [1.54, 1.807) is 44.3 Å². The predicted octanol–water partition coefficient (Wildman–Crippen LogP) is 4.04. The smallest absolute Gasteiger partial charge is 0.255 e. The third-order valence-electron chi connectivity index (χ3n) is 4.21. The third kappa shape index (κ3) is 5.99. The molecule has 31 heavy (non-hydrogen) atoms. The average Bonchev–Trinajstić information content (AvgIpc) is 3.17. The Morgan fingerprint density at radius 1 is 1.26 bits per heavy atom. The lowest BCUT2D eigenvalue weighted by Crippen LogP contribution is -2.35. The first-order valence-corrected chi connectivity index (χ1v) is 10.6. The van der Waals surface area contributed by atoms with Gasteiger partial charge in [-0.3, -0.25) is 9.59 Å². The number of carbonyl (C=O) groups excluding carboxylic acids is 2. The molecule has 3 rings (SSSR count). The lowest BCUT2D eigenvalue weighted by Gasteiger charge is -2.19. The molecule has 0 saturated carbocycles. The number of aromatic nitrogens is 2. The molecule has 2 amide bonds. The summed E-state index contributed by atoms with van der Waals surface area (Å²) in [7, 11) is 3.07. The molecule has 0 unspecified atom stereocenters. The summed E-state index contributed by atoms with van der Waals surface area (Å²) in [6, 6.07) is 12.1. The number of rotatable bonds is 8. The number of amides is 2. The van der Waals surface area contributed by atoms with Crippen LogP contribution in [-0.4, -0.2) is 47.6 Å². The van der Waals surface area contributed by atoms with E-state index in [1.165, 1.54) is 23.8 Å². The van der Waals surface area contributed by atoms with Gasteiger partial charge in [0.15, 0.2) is 5.82 Å². The number of carbonyl (C=O) groups is 2. The monoisotopic (exact) mass is 460 g/mol. The highest BCUT2D eigenvalue weighted by Gasteiger charge is 2.19. The number of hydrogen-bond acceptors (Lipinski definition) is 7. The first kappa shape index (κ1) is 22.6. The zero-order valence-electron chi connectivity index (χ0n) is 17.2. The van der Waals surface area contributed by atoms with Gasteiger partial charge in [0.25, 0.3) is 5.91 Å². The first-order valence-electron chi connectivity index (χ1n) is 9.27. The van der Waals surface area contributed by atoms with Crippen LogP contribution in [0.3, 0.4) is 0 Å². The van der Waals surface area contributed by atoms with Crippen LogP contribution in [0.4, 0.5) is 5.69 Å². The lowest BCUT2D eigenvalue weighted by atomic mass is 10.2. The molecule has 0 spiro atoms. The van der Waals surface area contributed by atoms with E-state index in [2.05, 4.69) is 15.5 Å². The van der Waals surface area contributed by atoms with Crippen molar-refractivity contribution in [3.8, 4) is 5.75 Å². The Morgan fingerprint density at radius 2 is 2.03 bits per heavy atom. The van der Waals surface area contributed by atoms with Gasteiger partial charge < -0.3 is 19.5 Å². The molecular formula is C21H21ClN4O4S.